The lowest BCUT2D eigenvalue weighted by atomic mass is 9.75. The zero-order valence-electron chi connectivity index (χ0n) is 18.9. The van der Waals surface area contributed by atoms with Gasteiger partial charge in [0.15, 0.2) is 0 Å². The molecule has 1 aromatic rings. The van der Waals surface area contributed by atoms with Gasteiger partial charge < -0.3 is 0 Å². The second kappa shape index (κ2) is 12.0. The van der Waals surface area contributed by atoms with Crippen molar-refractivity contribution in [2.75, 3.05) is 0 Å². The smallest absolute Gasteiger partial charge is 0.0162 e. The first-order valence-corrected chi connectivity index (χ1v) is 12.9. The first-order valence-electron chi connectivity index (χ1n) is 12.9. The summed E-state index contributed by atoms with van der Waals surface area (Å²) in [5.74, 6) is 3.72. The van der Waals surface area contributed by atoms with Crippen LogP contribution in [0.4, 0.5) is 0 Å². The van der Waals surface area contributed by atoms with E-state index < -0.39 is 0 Å². The molecule has 1 aromatic carbocycles. The molecular weight excluding hydrogens is 336 g/mol. The molecule has 158 valence electrons. The molecule has 0 saturated heterocycles. The van der Waals surface area contributed by atoms with Crippen LogP contribution in [0, 0.1) is 11.8 Å². The molecule has 0 bridgehead atoms. The van der Waals surface area contributed by atoms with Crippen LogP contribution in [0.1, 0.15) is 140 Å². The predicted octanol–water partition coefficient (Wildman–Crippen LogP) is 9.39. The van der Waals surface area contributed by atoms with E-state index in [4.69, 9.17) is 0 Å². The zero-order valence-corrected chi connectivity index (χ0v) is 18.9. The monoisotopic (exact) mass is 382 g/mol. The van der Waals surface area contributed by atoms with Crippen LogP contribution in [-0.2, 0) is 0 Å². The molecule has 0 spiro atoms. The van der Waals surface area contributed by atoms with E-state index in [0.717, 1.165) is 23.7 Å². The third kappa shape index (κ3) is 6.64. The Bertz CT molecular complexity index is 462. The third-order valence-corrected chi connectivity index (χ3v) is 8.00. The quantitative estimate of drug-likeness (QED) is 0.353. The van der Waals surface area contributed by atoms with Gasteiger partial charge in [-0.3, -0.25) is 0 Å². The van der Waals surface area contributed by atoms with Gasteiger partial charge >= 0.3 is 0 Å². The number of rotatable bonds is 10. The van der Waals surface area contributed by atoms with E-state index >= 15 is 0 Å². The van der Waals surface area contributed by atoms with Crippen molar-refractivity contribution in [3.8, 4) is 0 Å². The molecule has 0 amide bonds. The zero-order chi connectivity index (χ0) is 19.6. The summed E-state index contributed by atoms with van der Waals surface area (Å²) < 4.78 is 0. The summed E-state index contributed by atoms with van der Waals surface area (Å²) >= 11 is 0. The highest BCUT2D eigenvalue weighted by atomic mass is 14.3. The molecule has 2 aliphatic carbocycles. The van der Waals surface area contributed by atoms with Gasteiger partial charge in [0.05, 0.1) is 0 Å². The highest BCUT2D eigenvalue weighted by Crippen LogP contribution is 2.40. The Morgan fingerprint density at radius 3 is 1.21 bits per heavy atom. The lowest BCUT2D eigenvalue weighted by Crippen LogP contribution is -2.14. The maximum atomic E-state index is 2.49. The Labute approximate surface area is 175 Å². The number of hydrogen-bond donors (Lipinski definition) is 0. The fraction of sp³-hybridized carbons (Fsp3) is 0.786. The van der Waals surface area contributed by atoms with Gasteiger partial charge in [-0.25, -0.2) is 0 Å². The molecule has 0 radical (unpaired) electrons. The number of benzene rings is 1. The van der Waals surface area contributed by atoms with E-state index in [9.17, 15) is 0 Å². The summed E-state index contributed by atoms with van der Waals surface area (Å²) in [5.41, 5.74) is 3.26. The van der Waals surface area contributed by atoms with Crippen molar-refractivity contribution in [3.63, 3.8) is 0 Å². The SMILES string of the molecule is CCCCC[C@H]1CC[C@H](c2ccc([C@H]3CC[C@H](CCCCC)CC3)cc2)CC1. The van der Waals surface area contributed by atoms with Crippen molar-refractivity contribution in [3.05, 3.63) is 35.4 Å². The van der Waals surface area contributed by atoms with Crippen molar-refractivity contribution in [1.82, 2.24) is 0 Å². The lowest BCUT2D eigenvalue weighted by Gasteiger charge is -2.30. The molecule has 0 aromatic heterocycles. The second-order valence-electron chi connectivity index (χ2n) is 10.1. The van der Waals surface area contributed by atoms with Crippen LogP contribution in [-0.4, -0.2) is 0 Å². The summed E-state index contributed by atoms with van der Waals surface area (Å²) in [6, 6.07) is 9.96. The Morgan fingerprint density at radius 2 is 0.893 bits per heavy atom. The van der Waals surface area contributed by atoms with Crippen LogP contribution in [0.5, 0.6) is 0 Å². The maximum absolute atomic E-state index is 2.49. The number of unbranched alkanes of at least 4 members (excludes halogenated alkanes) is 4. The largest absolute Gasteiger partial charge is 0.0654 e. The predicted molar refractivity (Wildman–Crippen MR) is 124 cm³/mol. The van der Waals surface area contributed by atoms with Crippen molar-refractivity contribution in [1.29, 1.82) is 0 Å². The van der Waals surface area contributed by atoms with Crippen molar-refractivity contribution < 1.29 is 0 Å². The van der Waals surface area contributed by atoms with Gasteiger partial charge in [0, 0.05) is 0 Å². The van der Waals surface area contributed by atoms with Gasteiger partial charge in [0.2, 0.25) is 0 Å². The molecule has 3 rings (SSSR count). The van der Waals surface area contributed by atoms with Gasteiger partial charge in [0.25, 0.3) is 0 Å². The summed E-state index contributed by atoms with van der Waals surface area (Å²) in [6.07, 6.45) is 23.1. The van der Waals surface area contributed by atoms with Crippen LogP contribution in [0.3, 0.4) is 0 Å². The van der Waals surface area contributed by atoms with E-state index in [1.54, 1.807) is 11.1 Å². The van der Waals surface area contributed by atoms with Crippen molar-refractivity contribution in [2.45, 2.75) is 128 Å². The van der Waals surface area contributed by atoms with Gasteiger partial charge in [-0.2, -0.15) is 0 Å². The van der Waals surface area contributed by atoms with E-state index in [1.807, 2.05) is 0 Å². The van der Waals surface area contributed by atoms with Crippen LogP contribution in [0.25, 0.3) is 0 Å². The van der Waals surface area contributed by atoms with Crippen molar-refractivity contribution in [2.24, 2.45) is 11.8 Å². The minimum absolute atomic E-state index is 0.839. The van der Waals surface area contributed by atoms with Crippen LogP contribution in [0.15, 0.2) is 24.3 Å². The minimum atomic E-state index is 0.839. The summed E-state index contributed by atoms with van der Waals surface area (Å²) in [5, 5.41) is 0. The molecule has 2 saturated carbocycles. The average Bonchev–Trinajstić information content (AvgIpc) is 2.75. The third-order valence-electron chi connectivity index (χ3n) is 8.00. The van der Waals surface area contributed by atoms with E-state index in [1.165, 1.54) is 103 Å². The van der Waals surface area contributed by atoms with Crippen molar-refractivity contribution >= 4 is 0 Å². The second-order valence-corrected chi connectivity index (χ2v) is 10.1. The normalized spacial score (nSPS) is 28.4. The Hall–Kier alpha value is -0.780. The summed E-state index contributed by atoms with van der Waals surface area (Å²) in [7, 11) is 0. The first-order chi connectivity index (χ1) is 13.8. The molecule has 0 aliphatic heterocycles. The molecule has 2 aliphatic rings. The molecule has 0 atom stereocenters. The van der Waals surface area contributed by atoms with E-state index in [2.05, 4.69) is 38.1 Å². The standard InChI is InChI=1S/C28H46/c1-3-5-7-9-23-11-15-25(16-12-23)27-19-21-28(22-20-27)26-17-13-24(14-18-26)10-8-6-4-2/h19-26H,3-18H2,1-2H3/t23-,24-,25-,26-. The van der Waals surface area contributed by atoms with Crippen LogP contribution in [0.2, 0.25) is 0 Å². The molecule has 2 fully saturated rings. The lowest BCUT2D eigenvalue weighted by molar-refractivity contribution is 0.301. The van der Waals surface area contributed by atoms with Crippen LogP contribution >= 0.6 is 0 Å². The maximum Gasteiger partial charge on any atom is -0.0162 e. The molecule has 0 N–H and O–H groups in total. The molecule has 0 heterocycles. The highest BCUT2D eigenvalue weighted by molar-refractivity contribution is 5.28. The summed E-state index contributed by atoms with van der Waals surface area (Å²) in [6.45, 7) is 4.64. The topological polar surface area (TPSA) is 0 Å². The van der Waals surface area contributed by atoms with E-state index in [0.29, 0.717) is 0 Å². The Morgan fingerprint density at radius 1 is 0.536 bits per heavy atom. The molecule has 0 heteroatoms. The minimum Gasteiger partial charge on any atom is -0.0654 e. The Balaban J connectivity index is 1.41. The van der Waals surface area contributed by atoms with Crippen LogP contribution < -0.4 is 0 Å². The molecule has 0 nitrogen and oxygen atoms in total. The summed E-state index contributed by atoms with van der Waals surface area (Å²) in [4.78, 5) is 0. The van der Waals surface area contributed by atoms with Gasteiger partial charge in [0.1, 0.15) is 0 Å². The molecular formula is C28H46. The molecule has 0 unspecified atom stereocenters. The van der Waals surface area contributed by atoms with Gasteiger partial charge in [-0.05, 0) is 86.2 Å². The fourth-order valence-electron chi connectivity index (χ4n) is 5.98. The average molecular weight is 383 g/mol. The highest BCUT2D eigenvalue weighted by Gasteiger charge is 2.24. The first kappa shape index (κ1) is 21.9. The Kier molecular flexibility index (Phi) is 9.42. The van der Waals surface area contributed by atoms with E-state index in [-0.39, 0.29) is 0 Å². The van der Waals surface area contributed by atoms with Gasteiger partial charge in [-0.15, -0.1) is 0 Å². The molecule has 28 heavy (non-hydrogen) atoms. The van der Waals surface area contributed by atoms with Gasteiger partial charge in [-0.1, -0.05) is 89.5 Å². The number of hydrogen-bond acceptors (Lipinski definition) is 0. The fourth-order valence-corrected chi connectivity index (χ4v) is 5.98.